The first kappa shape index (κ1) is 18.0. The van der Waals surface area contributed by atoms with Crippen molar-refractivity contribution in [3.63, 3.8) is 0 Å². The maximum atomic E-state index is 6.38. The number of anilines is 1. The van der Waals surface area contributed by atoms with Crippen LogP contribution in [-0.2, 0) is 11.3 Å². The van der Waals surface area contributed by atoms with Crippen LogP contribution >= 0.6 is 0 Å². The van der Waals surface area contributed by atoms with Gasteiger partial charge < -0.3 is 14.8 Å². The van der Waals surface area contributed by atoms with Crippen molar-refractivity contribution < 1.29 is 9.47 Å². The van der Waals surface area contributed by atoms with Gasteiger partial charge in [0.25, 0.3) is 0 Å². The highest BCUT2D eigenvalue weighted by Gasteiger charge is 2.48. The predicted octanol–water partition coefficient (Wildman–Crippen LogP) is 4.91. The van der Waals surface area contributed by atoms with E-state index < -0.39 is 0 Å². The van der Waals surface area contributed by atoms with Crippen molar-refractivity contribution in [1.82, 2.24) is 4.98 Å². The highest BCUT2D eigenvalue weighted by atomic mass is 16.5. The van der Waals surface area contributed by atoms with E-state index in [1.807, 2.05) is 30.3 Å². The monoisotopic (exact) mass is 378 g/mol. The summed E-state index contributed by atoms with van der Waals surface area (Å²) in [7, 11) is 0. The summed E-state index contributed by atoms with van der Waals surface area (Å²) in [5.74, 6) is 5.22. The third-order valence-corrected chi connectivity index (χ3v) is 6.85. The van der Waals surface area contributed by atoms with Crippen LogP contribution in [0.1, 0.15) is 37.7 Å². The van der Waals surface area contributed by atoms with Gasteiger partial charge in [0.15, 0.2) is 11.6 Å². The van der Waals surface area contributed by atoms with E-state index in [2.05, 4.69) is 22.4 Å². The van der Waals surface area contributed by atoms with Gasteiger partial charge in [0, 0.05) is 12.7 Å². The molecule has 4 aliphatic carbocycles. The van der Waals surface area contributed by atoms with Crippen LogP contribution in [0.25, 0.3) is 0 Å². The summed E-state index contributed by atoms with van der Waals surface area (Å²) in [5.41, 5.74) is 1.16. The number of rotatable bonds is 8. The van der Waals surface area contributed by atoms with E-state index in [4.69, 9.17) is 9.47 Å². The van der Waals surface area contributed by atoms with Crippen LogP contribution in [0.4, 0.5) is 5.82 Å². The molecule has 1 aromatic heterocycles. The van der Waals surface area contributed by atoms with Crippen LogP contribution in [0.15, 0.2) is 48.7 Å². The smallest absolute Gasteiger partial charge is 0.168 e. The van der Waals surface area contributed by atoms with Gasteiger partial charge >= 0.3 is 0 Å². The molecule has 148 valence electrons. The van der Waals surface area contributed by atoms with E-state index in [-0.39, 0.29) is 0 Å². The Hall–Kier alpha value is -2.07. The molecule has 0 radical (unpaired) electrons. The Bertz CT molecular complexity index is 751. The molecule has 4 aliphatic rings. The Labute approximate surface area is 167 Å². The highest BCUT2D eigenvalue weighted by Crippen LogP contribution is 2.54. The number of benzene rings is 1. The molecule has 4 nitrogen and oxygen atoms in total. The average Bonchev–Trinajstić information content (AvgIpc) is 2.72. The molecule has 0 spiro atoms. The zero-order chi connectivity index (χ0) is 18.8. The average molecular weight is 379 g/mol. The summed E-state index contributed by atoms with van der Waals surface area (Å²) in [6.07, 6.45) is 9.41. The lowest BCUT2D eigenvalue weighted by Crippen LogP contribution is -2.49. The normalized spacial score (nSPS) is 30.4. The Morgan fingerprint density at radius 3 is 2.39 bits per heavy atom. The molecule has 1 heterocycles. The maximum absolute atomic E-state index is 6.38. The minimum absolute atomic E-state index is 0.493. The molecule has 0 unspecified atom stereocenters. The van der Waals surface area contributed by atoms with Crippen LogP contribution in [0.5, 0.6) is 5.75 Å². The van der Waals surface area contributed by atoms with Gasteiger partial charge in [0.05, 0.1) is 12.7 Å². The lowest BCUT2D eigenvalue weighted by Gasteiger charge is -2.54. The fourth-order valence-electron chi connectivity index (χ4n) is 5.89. The molecule has 1 N–H and O–H groups in total. The van der Waals surface area contributed by atoms with E-state index in [0.717, 1.165) is 54.0 Å². The second kappa shape index (κ2) is 8.12. The first-order valence-electron chi connectivity index (χ1n) is 10.8. The number of nitrogens with one attached hydrogen (secondary N) is 1. The van der Waals surface area contributed by atoms with Crippen LogP contribution in [0.2, 0.25) is 0 Å². The Balaban J connectivity index is 1.11. The predicted molar refractivity (Wildman–Crippen MR) is 110 cm³/mol. The van der Waals surface area contributed by atoms with Gasteiger partial charge in [-0.05, 0) is 73.5 Å². The van der Waals surface area contributed by atoms with E-state index in [1.165, 1.54) is 32.1 Å². The molecule has 2 aromatic rings. The van der Waals surface area contributed by atoms with Gasteiger partial charge in [0.1, 0.15) is 6.61 Å². The number of hydrogen-bond acceptors (Lipinski definition) is 4. The summed E-state index contributed by atoms with van der Waals surface area (Å²) in [6.45, 7) is 2.05. The largest absolute Gasteiger partial charge is 0.485 e. The topological polar surface area (TPSA) is 43.4 Å². The van der Waals surface area contributed by atoms with Crippen molar-refractivity contribution in [1.29, 1.82) is 0 Å². The standard InChI is InChI=1S/C24H30N2O2/c1-2-5-17(6-3-1)16-28-22-7-4-8-25-24(22)26-9-10-27-23-20-12-18-11-19(14-20)15-21(23)13-18/h1-8,18-21,23H,9-16H2,(H,25,26). The molecule has 28 heavy (non-hydrogen) atoms. The number of aromatic nitrogens is 1. The zero-order valence-corrected chi connectivity index (χ0v) is 16.4. The third kappa shape index (κ3) is 3.88. The van der Waals surface area contributed by atoms with Gasteiger partial charge in [-0.25, -0.2) is 4.98 Å². The molecule has 0 amide bonds. The number of pyridine rings is 1. The van der Waals surface area contributed by atoms with Crippen LogP contribution in [-0.4, -0.2) is 24.2 Å². The van der Waals surface area contributed by atoms with Crippen molar-refractivity contribution >= 4 is 5.82 Å². The molecule has 0 atom stereocenters. The van der Waals surface area contributed by atoms with Crippen LogP contribution < -0.4 is 10.1 Å². The second-order valence-corrected chi connectivity index (χ2v) is 8.82. The summed E-state index contributed by atoms with van der Waals surface area (Å²) in [5, 5.41) is 3.41. The van der Waals surface area contributed by atoms with Gasteiger partial charge in [0.2, 0.25) is 0 Å². The summed E-state index contributed by atoms with van der Waals surface area (Å²) < 4.78 is 12.4. The Kier molecular flexibility index (Phi) is 5.22. The third-order valence-electron chi connectivity index (χ3n) is 6.85. The van der Waals surface area contributed by atoms with Crippen molar-refractivity contribution in [2.24, 2.45) is 23.7 Å². The lowest BCUT2D eigenvalue weighted by atomic mass is 9.55. The SMILES string of the molecule is c1ccc(COc2cccnc2NCCOC2C3CC4CC(C3)CC2C4)cc1. The first-order chi connectivity index (χ1) is 13.8. The molecular weight excluding hydrogens is 348 g/mol. The number of nitrogens with zero attached hydrogens (tertiary/aromatic N) is 1. The van der Waals surface area contributed by atoms with Crippen molar-refractivity contribution in [3.05, 3.63) is 54.2 Å². The van der Waals surface area contributed by atoms with Gasteiger partial charge in [-0.15, -0.1) is 0 Å². The minimum atomic E-state index is 0.493. The summed E-state index contributed by atoms with van der Waals surface area (Å²) in [6, 6.07) is 14.1. The van der Waals surface area contributed by atoms with E-state index >= 15 is 0 Å². The Morgan fingerprint density at radius 1 is 0.893 bits per heavy atom. The minimum Gasteiger partial charge on any atom is -0.485 e. The zero-order valence-electron chi connectivity index (χ0n) is 16.4. The van der Waals surface area contributed by atoms with Gasteiger partial charge in [-0.1, -0.05) is 30.3 Å². The molecule has 1 aromatic carbocycles. The fraction of sp³-hybridized carbons (Fsp3) is 0.542. The maximum Gasteiger partial charge on any atom is 0.168 e. The summed E-state index contributed by atoms with van der Waals surface area (Å²) in [4.78, 5) is 4.46. The highest BCUT2D eigenvalue weighted by molar-refractivity contribution is 5.49. The second-order valence-electron chi connectivity index (χ2n) is 8.82. The molecule has 0 aliphatic heterocycles. The number of hydrogen-bond donors (Lipinski definition) is 1. The van der Waals surface area contributed by atoms with Crippen molar-refractivity contribution in [2.75, 3.05) is 18.5 Å². The molecule has 6 rings (SSSR count). The molecular formula is C24H30N2O2. The van der Waals surface area contributed by atoms with Crippen LogP contribution in [0.3, 0.4) is 0 Å². The Morgan fingerprint density at radius 2 is 1.64 bits per heavy atom. The molecule has 4 bridgehead atoms. The first-order valence-corrected chi connectivity index (χ1v) is 10.8. The lowest BCUT2D eigenvalue weighted by molar-refractivity contribution is -0.123. The van der Waals surface area contributed by atoms with Gasteiger partial charge in [-0.2, -0.15) is 0 Å². The molecule has 4 saturated carbocycles. The summed E-state index contributed by atoms with van der Waals surface area (Å²) >= 11 is 0. The number of ether oxygens (including phenoxy) is 2. The molecule has 4 heteroatoms. The molecule has 4 fully saturated rings. The fourth-order valence-corrected chi connectivity index (χ4v) is 5.89. The van der Waals surface area contributed by atoms with Gasteiger partial charge in [-0.3, -0.25) is 0 Å². The van der Waals surface area contributed by atoms with E-state index in [1.54, 1.807) is 6.20 Å². The van der Waals surface area contributed by atoms with E-state index in [9.17, 15) is 0 Å². The van der Waals surface area contributed by atoms with Crippen molar-refractivity contribution in [2.45, 2.75) is 44.8 Å². The van der Waals surface area contributed by atoms with Crippen LogP contribution in [0, 0.1) is 23.7 Å². The quantitative estimate of drug-likeness (QED) is 0.663. The van der Waals surface area contributed by atoms with Crippen molar-refractivity contribution in [3.8, 4) is 5.75 Å². The molecule has 0 saturated heterocycles. The van der Waals surface area contributed by atoms with E-state index in [0.29, 0.717) is 12.7 Å².